The van der Waals surface area contributed by atoms with E-state index in [-0.39, 0.29) is 19.1 Å². The van der Waals surface area contributed by atoms with Crippen molar-refractivity contribution in [2.24, 2.45) is 4.99 Å². The zero-order valence-corrected chi connectivity index (χ0v) is 16.3. The minimum absolute atomic E-state index is 0.129. The smallest absolute Gasteiger partial charge is 0.320 e. The van der Waals surface area contributed by atoms with Crippen molar-refractivity contribution in [3.05, 3.63) is 78.4 Å². The molecule has 0 fully saturated rings. The Morgan fingerprint density at radius 1 is 1.10 bits per heavy atom. The van der Waals surface area contributed by atoms with Crippen molar-refractivity contribution in [2.45, 2.75) is 12.5 Å². The van der Waals surface area contributed by atoms with Gasteiger partial charge in [-0.15, -0.1) is 0 Å². The number of rotatable bonds is 7. The maximum atomic E-state index is 10.5. The summed E-state index contributed by atoms with van der Waals surface area (Å²) in [6, 6.07) is 15.8. The van der Waals surface area contributed by atoms with Crippen LogP contribution in [0.5, 0.6) is 5.75 Å². The molecule has 0 spiro atoms. The van der Waals surface area contributed by atoms with Gasteiger partial charge in [-0.1, -0.05) is 30.3 Å². The molecule has 1 aliphatic heterocycles. The molecule has 0 bridgehead atoms. The summed E-state index contributed by atoms with van der Waals surface area (Å²) in [6.45, 7) is 3.04. The monoisotopic (exact) mass is 404 g/mol. The second-order valence-electron chi connectivity index (χ2n) is 6.55. The molecule has 3 aromatic rings. The zero-order valence-electron chi connectivity index (χ0n) is 16.3. The van der Waals surface area contributed by atoms with Crippen LogP contribution in [0, 0.1) is 0 Å². The highest BCUT2D eigenvalue weighted by Crippen LogP contribution is 2.39. The fourth-order valence-electron chi connectivity index (χ4n) is 3.40. The van der Waals surface area contributed by atoms with Crippen molar-refractivity contribution in [1.82, 2.24) is 15.4 Å². The molecule has 8 heteroatoms. The van der Waals surface area contributed by atoms with Crippen LogP contribution in [0.4, 0.5) is 0 Å². The van der Waals surface area contributed by atoms with Crippen molar-refractivity contribution in [3.63, 3.8) is 0 Å². The number of aromatic nitrogens is 2. The summed E-state index contributed by atoms with van der Waals surface area (Å²) in [5.41, 5.74) is 5.27. The highest BCUT2D eigenvalue weighted by Gasteiger charge is 2.41. The largest absolute Gasteiger partial charge is 0.494 e. The number of aliphatic imine (C=N–C) groups is 1. The van der Waals surface area contributed by atoms with Crippen LogP contribution in [-0.4, -0.2) is 35.7 Å². The van der Waals surface area contributed by atoms with Crippen LogP contribution in [0.25, 0.3) is 11.1 Å². The van der Waals surface area contributed by atoms with Crippen LogP contribution in [0.1, 0.15) is 18.1 Å². The Kier molecular flexibility index (Phi) is 5.56. The fourth-order valence-corrected chi connectivity index (χ4v) is 3.40. The molecule has 30 heavy (non-hydrogen) atoms. The third kappa shape index (κ3) is 3.80. The summed E-state index contributed by atoms with van der Waals surface area (Å²) in [7, 11) is 0. The summed E-state index contributed by atoms with van der Waals surface area (Å²) < 4.78 is 11.3. The van der Waals surface area contributed by atoms with Gasteiger partial charge >= 0.3 is 12.5 Å². The average Bonchev–Trinajstić information content (AvgIpc) is 3.24. The van der Waals surface area contributed by atoms with E-state index in [1.165, 1.54) is 6.33 Å². The Hall–Kier alpha value is -3.94. The van der Waals surface area contributed by atoms with E-state index in [0.717, 1.165) is 28.0 Å². The number of ether oxygens (including phenoxy) is 2. The van der Waals surface area contributed by atoms with Crippen molar-refractivity contribution in [2.75, 3.05) is 13.2 Å². The first-order chi connectivity index (χ1) is 14.7. The van der Waals surface area contributed by atoms with E-state index in [1.807, 2.05) is 55.5 Å². The molecule has 8 nitrogen and oxygen atoms in total. The van der Waals surface area contributed by atoms with Gasteiger partial charge in [0.1, 0.15) is 18.7 Å². The van der Waals surface area contributed by atoms with Crippen molar-refractivity contribution in [1.29, 1.82) is 0 Å². The van der Waals surface area contributed by atoms with E-state index < -0.39 is 5.54 Å². The van der Waals surface area contributed by atoms with E-state index in [9.17, 15) is 4.79 Å². The van der Waals surface area contributed by atoms with Crippen molar-refractivity contribution < 1.29 is 19.1 Å². The lowest BCUT2D eigenvalue weighted by Crippen LogP contribution is -2.27. The lowest BCUT2D eigenvalue weighted by molar-refractivity contribution is -0.132. The summed E-state index contributed by atoms with van der Waals surface area (Å²) in [5.74, 6) is 0.775. The molecule has 4 rings (SSSR count). The summed E-state index contributed by atoms with van der Waals surface area (Å²) >= 11 is 0. The summed E-state index contributed by atoms with van der Waals surface area (Å²) in [6.07, 6.45) is 5.01. The van der Waals surface area contributed by atoms with Gasteiger partial charge in [-0.25, -0.2) is 15.0 Å². The highest BCUT2D eigenvalue weighted by molar-refractivity contribution is 5.77. The number of benzene rings is 2. The van der Waals surface area contributed by atoms with Gasteiger partial charge in [-0.2, -0.15) is 5.48 Å². The average molecular weight is 404 g/mol. The van der Waals surface area contributed by atoms with Crippen molar-refractivity contribution >= 4 is 12.5 Å². The van der Waals surface area contributed by atoms with Gasteiger partial charge in [-0.3, -0.25) is 4.79 Å². The fraction of sp³-hybridized carbons (Fsp3) is 0.182. The predicted molar refractivity (Wildman–Crippen MR) is 110 cm³/mol. The molecule has 1 N–H and O–H groups in total. The molecule has 0 amide bonds. The van der Waals surface area contributed by atoms with Crippen LogP contribution in [0.15, 0.2) is 72.2 Å². The Morgan fingerprint density at radius 2 is 1.90 bits per heavy atom. The van der Waals surface area contributed by atoms with Gasteiger partial charge in [0.2, 0.25) is 0 Å². The van der Waals surface area contributed by atoms with E-state index in [4.69, 9.17) is 14.5 Å². The van der Waals surface area contributed by atoms with E-state index >= 15 is 0 Å². The molecule has 1 aromatic heterocycles. The molecule has 0 saturated heterocycles. The van der Waals surface area contributed by atoms with Gasteiger partial charge in [0.15, 0.2) is 5.54 Å². The van der Waals surface area contributed by atoms with Crippen LogP contribution in [-0.2, 0) is 19.9 Å². The molecule has 1 unspecified atom stereocenters. The minimum Gasteiger partial charge on any atom is -0.494 e. The first-order valence-electron chi connectivity index (χ1n) is 9.42. The highest BCUT2D eigenvalue weighted by atomic mass is 16.7. The third-order valence-corrected chi connectivity index (χ3v) is 4.78. The SMILES string of the molecule is CCOc1ccc(C2(c3cccc(-c4cncnc4)c3)COC(NOC=O)=N2)cc1. The van der Waals surface area contributed by atoms with Crippen LogP contribution in [0.2, 0.25) is 0 Å². The van der Waals surface area contributed by atoms with Gasteiger partial charge in [0, 0.05) is 18.0 Å². The quantitative estimate of drug-likeness (QED) is 0.478. The normalized spacial score (nSPS) is 17.6. The molecule has 0 aliphatic carbocycles. The molecule has 1 aliphatic rings. The predicted octanol–water partition coefficient (Wildman–Crippen LogP) is 2.85. The lowest BCUT2D eigenvalue weighted by Gasteiger charge is -2.26. The maximum absolute atomic E-state index is 10.5. The first kappa shape index (κ1) is 19.4. The number of hydrogen-bond donors (Lipinski definition) is 1. The molecular weight excluding hydrogens is 384 g/mol. The van der Waals surface area contributed by atoms with Gasteiger partial charge in [-0.05, 0) is 41.8 Å². The lowest BCUT2D eigenvalue weighted by atomic mass is 9.83. The number of hydrogen-bond acceptors (Lipinski definition) is 8. The Labute approximate surface area is 173 Å². The second-order valence-corrected chi connectivity index (χ2v) is 6.55. The molecule has 0 radical (unpaired) electrons. The number of nitrogens with zero attached hydrogens (tertiary/aromatic N) is 3. The van der Waals surface area contributed by atoms with Gasteiger partial charge in [0.05, 0.1) is 6.61 Å². The molecule has 2 aromatic carbocycles. The number of nitrogens with one attached hydrogen (secondary N) is 1. The molecule has 0 saturated carbocycles. The van der Waals surface area contributed by atoms with E-state index in [1.54, 1.807) is 12.4 Å². The summed E-state index contributed by atoms with van der Waals surface area (Å²) in [4.78, 5) is 28.1. The maximum Gasteiger partial charge on any atom is 0.320 e. The standard InChI is InChI=1S/C22H20N4O4/c1-2-28-20-8-6-18(7-9-20)22(13-29-21(25-22)26-30-15-27)19-5-3-4-16(10-19)17-11-23-14-24-12-17/h3-12,14-15H,2,13H2,1H3,(H,25,26). The Bertz CT molecular complexity index is 1040. The number of carbonyl (C=O) groups is 1. The molecular formula is C22H20N4O4. The first-order valence-corrected chi connectivity index (χ1v) is 9.42. The minimum atomic E-state index is -0.828. The molecule has 2 heterocycles. The summed E-state index contributed by atoms with van der Waals surface area (Å²) in [5, 5.41) is 0. The second kappa shape index (κ2) is 8.60. The van der Waals surface area contributed by atoms with Crippen LogP contribution in [0.3, 0.4) is 0 Å². The van der Waals surface area contributed by atoms with Gasteiger partial charge < -0.3 is 14.3 Å². The van der Waals surface area contributed by atoms with Crippen LogP contribution >= 0.6 is 0 Å². The number of hydroxylamine groups is 1. The van der Waals surface area contributed by atoms with Gasteiger partial charge in [0.25, 0.3) is 0 Å². The van der Waals surface area contributed by atoms with Crippen LogP contribution < -0.4 is 10.2 Å². The molecule has 1 atom stereocenters. The molecule has 152 valence electrons. The van der Waals surface area contributed by atoms with Crippen molar-refractivity contribution in [3.8, 4) is 16.9 Å². The topological polar surface area (TPSA) is 94.9 Å². The Balaban J connectivity index is 1.79. The Morgan fingerprint density at radius 3 is 2.63 bits per heavy atom. The van der Waals surface area contributed by atoms with E-state index in [0.29, 0.717) is 6.61 Å². The number of carbonyl (C=O) groups excluding carboxylic acids is 1. The number of amidine groups is 1. The van der Waals surface area contributed by atoms with E-state index in [2.05, 4.69) is 20.3 Å². The third-order valence-electron chi connectivity index (χ3n) is 4.78. The zero-order chi connectivity index (χ0) is 20.8.